The van der Waals surface area contributed by atoms with Crippen molar-refractivity contribution < 1.29 is 5.11 Å². The average Bonchev–Trinajstić information content (AvgIpc) is 2.29. The second-order valence-corrected chi connectivity index (χ2v) is 5.20. The molecule has 1 N–H and O–H groups in total. The van der Waals surface area contributed by atoms with E-state index >= 15 is 0 Å². The standard InChI is InChI=1S/C16H30O/c1-4-6-8-10-11-13-15-16(3,17)14-12-9-7-5-2/h4,11,13,17H,1,5-10,12,14-15H2,2-3H3. The number of aliphatic hydroxyl groups is 1. The van der Waals surface area contributed by atoms with Crippen LogP contribution in [0.1, 0.15) is 71.6 Å². The number of rotatable bonds is 11. The highest BCUT2D eigenvalue weighted by Gasteiger charge is 2.17. The highest BCUT2D eigenvalue weighted by atomic mass is 16.3. The number of allylic oxidation sites excluding steroid dienone is 2. The molecule has 0 radical (unpaired) electrons. The van der Waals surface area contributed by atoms with E-state index < -0.39 is 5.60 Å². The van der Waals surface area contributed by atoms with Crippen LogP contribution in [-0.2, 0) is 0 Å². The van der Waals surface area contributed by atoms with Gasteiger partial charge >= 0.3 is 0 Å². The maximum absolute atomic E-state index is 10.1. The summed E-state index contributed by atoms with van der Waals surface area (Å²) in [5.74, 6) is 0. The van der Waals surface area contributed by atoms with Crippen LogP contribution < -0.4 is 0 Å². The lowest BCUT2D eigenvalue weighted by atomic mass is 9.94. The Morgan fingerprint density at radius 2 is 1.82 bits per heavy atom. The molecule has 0 saturated carbocycles. The maximum atomic E-state index is 10.1. The van der Waals surface area contributed by atoms with Gasteiger partial charge in [0.05, 0.1) is 5.60 Å². The summed E-state index contributed by atoms with van der Waals surface area (Å²) in [5, 5.41) is 10.1. The first kappa shape index (κ1) is 16.4. The molecule has 0 amide bonds. The van der Waals surface area contributed by atoms with Crippen molar-refractivity contribution in [3.63, 3.8) is 0 Å². The fourth-order valence-corrected chi connectivity index (χ4v) is 1.87. The molecule has 1 unspecified atom stereocenters. The van der Waals surface area contributed by atoms with E-state index in [9.17, 15) is 5.11 Å². The van der Waals surface area contributed by atoms with Gasteiger partial charge in [0.15, 0.2) is 0 Å². The molecule has 17 heavy (non-hydrogen) atoms. The Balaban J connectivity index is 3.57. The molecule has 0 aromatic rings. The lowest BCUT2D eigenvalue weighted by Crippen LogP contribution is -2.22. The van der Waals surface area contributed by atoms with Crippen molar-refractivity contribution in [2.24, 2.45) is 0 Å². The first-order chi connectivity index (χ1) is 8.12. The Kier molecular flexibility index (Phi) is 10.2. The minimum Gasteiger partial charge on any atom is -0.390 e. The number of hydrogen-bond acceptors (Lipinski definition) is 1. The fourth-order valence-electron chi connectivity index (χ4n) is 1.87. The van der Waals surface area contributed by atoms with Gasteiger partial charge in [-0.15, -0.1) is 6.58 Å². The summed E-state index contributed by atoms with van der Waals surface area (Å²) in [6.45, 7) is 7.87. The van der Waals surface area contributed by atoms with Gasteiger partial charge in [-0.1, -0.05) is 50.8 Å². The molecule has 0 bridgehead atoms. The quantitative estimate of drug-likeness (QED) is 0.396. The lowest BCUT2D eigenvalue weighted by molar-refractivity contribution is 0.0511. The second-order valence-electron chi connectivity index (χ2n) is 5.20. The number of unbranched alkanes of at least 4 members (excludes halogenated alkanes) is 5. The first-order valence-corrected chi connectivity index (χ1v) is 7.10. The molecule has 0 rings (SSSR count). The van der Waals surface area contributed by atoms with Crippen LogP contribution in [0.4, 0.5) is 0 Å². The van der Waals surface area contributed by atoms with Crippen LogP contribution in [0.2, 0.25) is 0 Å². The Hall–Kier alpha value is -0.560. The van der Waals surface area contributed by atoms with Crippen LogP contribution >= 0.6 is 0 Å². The largest absolute Gasteiger partial charge is 0.390 e. The molecule has 0 aromatic carbocycles. The monoisotopic (exact) mass is 238 g/mol. The van der Waals surface area contributed by atoms with Gasteiger partial charge in [0, 0.05) is 0 Å². The van der Waals surface area contributed by atoms with Crippen molar-refractivity contribution in [3.05, 3.63) is 24.8 Å². The number of hydrogen-bond donors (Lipinski definition) is 1. The van der Waals surface area contributed by atoms with Crippen LogP contribution in [0.15, 0.2) is 24.8 Å². The molecule has 1 atom stereocenters. The molecule has 0 heterocycles. The Bertz CT molecular complexity index is 204. The molecular weight excluding hydrogens is 208 g/mol. The van der Waals surface area contributed by atoms with Gasteiger partial charge in [0.25, 0.3) is 0 Å². The summed E-state index contributed by atoms with van der Waals surface area (Å²) in [4.78, 5) is 0. The van der Waals surface area contributed by atoms with Crippen LogP contribution in [0.3, 0.4) is 0 Å². The van der Waals surface area contributed by atoms with Crippen molar-refractivity contribution in [1.29, 1.82) is 0 Å². The predicted octanol–water partition coefficient (Wildman–Crippen LogP) is 5.01. The highest BCUT2D eigenvalue weighted by molar-refractivity contribution is 4.89. The van der Waals surface area contributed by atoms with Crippen molar-refractivity contribution in [1.82, 2.24) is 0 Å². The summed E-state index contributed by atoms with van der Waals surface area (Å²) in [6.07, 6.45) is 16.2. The van der Waals surface area contributed by atoms with Crippen LogP contribution in [-0.4, -0.2) is 10.7 Å². The average molecular weight is 238 g/mol. The van der Waals surface area contributed by atoms with Crippen LogP contribution in [0, 0.1) is 0 Å². The Morgan fingerprint density at radius 1 is 1.06 bits per heavy atom. The van der Waals surface area contributed by atoms with Crippen LogP contribution in [0.5, 0.6) is 0 Å². The molecule has 1 nitrogen and oxygen atoms in total. The van der Waals surface area contributed by atoms with Crippen molar-refractivity contribution in [2.45, 2.75) is 77.2 Å². The summed E-state index contributed by atoms with van der Waals surface area (Å²) in [6, 6.07) is 0. The normalized spacial score (nSPS) is 15.0. The van der Waals surface area contributed by atoms with Crippen molar-refractivity contribution in [2.75, 3.05) is 0 Å². The van der Waals surface area contributed by atoms with Gasteiger partial charge in [-0.25, -0.2) is 0 Å². The maximum Gasteiger partial charge on any atom is 0.0654 e. The third-order valence-electron chi connectivity index (χ3n) is 3.07. The summed E-state index contributed by atoms with van der Waals surface area (Å²) in [7, 11) is 0. The SMILES string of the molecule is C=CCCCC=CCC(C)(O)CCCCCC. The zero-order valence-electron chi connectivity index (χ0n) is 11.8. The predicted molar refractivity (Wildman–Crippen MR) is 77.2 cm³/mol. The Morgan fingerprint density at radius 3 is 2.47 bits per heavy atom. The summed E-state index contributed by atoms with van der Waals surface area (Å²) < 4.78 is 0. The van der Waals surface area contributed by atoms with Crippen molar-refractivity contribution in [3.8, 4) is 0 Å². The topological polar surface area (TPSA) is 20.2 Å². The second kappa shape index (κ2) is 10.6. The molecule has 0 aliphatic carbocycles. The van der Waals surface area contributed by atoms with Gasteiger partial charge in [-0.05, 0) is 39.0 Å². The molecule has 100 valence electrons. The molecule has 0 spiro atoms. The van der Waals surface area contributed by atoms with E-state index in [0.29, 0.717) is 0 Å². The molecular formula is C16H30O. The first-order valence-electron chi connectivity index (χ1n) is 7.10. The van der Waals surface area contributed by atoms with Gasteiger partial charge in [0.1, 0.15) is 0 Å². The van der Waals surface area contributed by atoms with E-state index in [1.165, 1.54) is 25.7 Å². The minimum absolute atomic E-state index is 0.511. The summed E-state index contributed by atoms with van der Waals surface area (Å²) in [5.41, 5.74) is -0.511. The molecule has 0 aliphatic heterocycles. The highest BCUT2D eigenvalue weighted by Crippen LogP contribution is 2.19. The van der Waals surface area contributed by atoms with E-state index in [-0.39, 0.29) is 0 Å². The van der Waals surface area contributed by atoms with E-state index in [0.717, 1.165) is 32.1 Å². The molecule has 1 heteroatoms. The van der Waals surface area contributed by atoms with E-state index in [2.05, 4.69) is 25.7 Å². The van der Waals surface area contributed by atoms with Crippen molar-refractivity contribution >= 4 is 0 Å². The summed E-state index contributed by atoms with van der Waals surface area (Å²) >= 11 is 0. The third-order valence-corrected chi connectivity index (χ3v) is 3.07. The Labute approximate surface area is 108 Å². The lowest BCUT2D eigenvalue weighted by Gasteiger charge is -2.21. The minimum atomic E-state index is -0.511. The van der Waals surface area contributed by atoms with E-state index in [1.807, 2.05) is 13.0 Å². The van der Waals surface area contributed by atoms with E-state index in [1.54, 1.807) is 0 Å². The van der Waals surface area contributed by atoms with Gasteiger partial charge in [-0.3, -0.25) is 0 Å². The fraction of sp³-hybridized carbons (Fsp3) is 0.750. The molecule has 0 saturated heterocycles. The van der Waals surface area contributed by atoms with Gasteiger partial charge < -0.3 is 5.11 Å². The molecule has 0 aromatic heterocycles. The molecule has 0 aliphatic rings. The van der Waals surface area contributed by atoms with Gasteiger partial charge in [0.2, 0.25) is 0 Å². The van der Waals surface area contributed by atoms with E-state index in [4.69, 9.17) is 0 Å². The smallest absolute Gasteiger partial charge is 0.0654 e. The molecule has 0 fully saturated rings. The van der Waals surface area contributed by atoms with Gasteiger partial charge in [-0.2, -0.15) is 0 Å². The zero-order valence-corrected chi connectivity index (χ0v) is 11.8. The van der Waals surface area contributed by atoms with Crippen LogP contribution in [0.25, 0.3) is 0 Å². The third kappa shape index (κ3) is 11.7. The zero-order chi connectivity index (χ0) is 13.0.